The number of nitrogens with zero attached hydrogens (tertiary/aromatic N) is 1. The van der Waals surface area contributed by atoms with Crippen LogP contribution in [0.4, 0.5) is 9.52 Å². The zero-order valence-electron chi connectivity index (χ0n) is 13.9. The number of amides is 1. The molecule has 1 amide bonds. The highest BCUT2D eigenvalue weighted by Gasteiger charge is 2.07. The Balaban J connectivity index is 1.67. The summed E-state index contributed by atoms with van der Waals surface area (Å²) in [5, 5.41) is 5.21. The first kappa shape index (κ1) is 17.0. The summed E-state index contributed by atoms with van der Waals surface area (Å²) in [7, 11) is 0. The minimum absolute atomic E-state index is 0.273. The molecule has 0 fully saturated rings. The van der Waals surface area contributed by atoms with Gasteiger partial charge in [-0.05, 0) is 54.8 Å². The maximum Gasteiger partial charge on any atom is 0.250 e. The molecule has 2 aromatic carbocycles. The summed E-state index contributed by atoms with van der Waals surface area (Å²) >= 11 is 1.38. The first-order chi connectivity index (χ1) is 12.0. The molecule has 25 heavy (non-hydrogen) atoms. The largest absolute Gasteiger partial charge is 0.298 e. The standard InChI is InChI=1S/C20H17FN2OS/c1-13-3-7-16(11-14(13)2)18-12-25-20(22-18)23-19(24)10-6-15-4-8-17(21)9-5-15/h3-12H,1-2H3,(H,22,23,24). The fourth-order valence-corrected chi connectivity index (χ4v) is 2.98. The summed E-state index contributed by atoms with van der Waals surface area (Å²) in [6, 6.07) is 12.1. The molecule has 3 aromatic rings. The Morgan fingerprint density at radius 2 is 1.88 bits per heavy atom. The number of thiazole rings is 1. The molecular formula is C20H17FN2OS. The third-order valence-corrected chi connectivity index (χ3v) is 4.59. The van der Waals surface area contributed by atoms with E-state index in [2.05, 4.69) is 36.3 Å². The molecule has 1 heterocycles. The third kappa shape index (κ3) is 4.39. The normalized spacial score (nSPS) is 11.0. The molecule has 126 valence electrons. The van der Waals surface area contributed by atoms with Gasteiger partial charge in [0.2, 0.25) is 5.91 Å². The summed E-state index contributed by atoms with van der Waals surface area (Å²) in [5.74, 6) is -0.575. The summed E-state index contributed by atoms with van der Waals surface area (Å²) in [6.45, 7) is 4.13. The van der Waals surface area contributed by atoms with Crippen molar-refractivity contribution in [1.29, 1.82) is 0 Å². The topological polar surface area (TPSA) is 42.0 Å². The fourth-order valence-electron chi connectivity index (χ4n) is 2.26. The van der Waals surface area contributed by atoms with Crippen LogP contribution >= 0.6 is 11.3 Å². The maximum atomic E-state index is 12.9. The van der Waals surface area contributed by atoms with Crippen LogP contribution in [-0.2, 0) is 4.79 Å². The maximum absolute atomic E-state index is 12.9. The predicted octanol–water partition coefficient (Wildman–Crippen LogP) is 5.22. The van der Waals surface area contributed by atoms with Gasteiger partial charge in [-0.1, -0.05) is 24.3 Å². The second-order valence-corrected chi connectivity index (χ2v) is 6.57. The van der Waals surface area contributed by atoms with E-state index in [1.807, 2.05) is 11.4 Å². The van der Waals surface area contributed by atoms with Gasteiger partial charge in [0.1, 0.15) is 5.82 Å². The molecule has 0 unspecified atom stereocenters. The summed E-state index contributed by atoms with van der Waals surface area (Å²) in [6.07, 6.45) is 3.04. The van der Waals surface area contributed by atoms with Gasteiger partial charge in [0.15, 0.2) is 5.13 Å². The van der Waals surface area contributed by atoms with Crippen LogP contribution in [0.5, 0.6) is 0 Å². The molecule has 0 bridgehead atoms. The molecule has 0 aliphatic carbocycles. The molecule has 0 aliphatic rings. The molecule has 0 saturated carbocycles. The van der Waals surface area contributed by atoms with Gasteiger partial charge in [0, 0.05) is 17.0 Å². The van der Waals surface area contributed by atoms with Crippen molar-refractivity contribution in [3.63, 3.8) is 0 Å². The summed E-state index contributed by atoms with van der Waals surface area (Å²) in [5.41, 5.74) is 5.07. The molecule has 0 atom stereocenters. The Bertz CT molecular complexity index is 929. The Morgan fingerprint density at radius 3 is 2.60 bits per heavy atom. The first-order valence-corrected chi connectivity index (χ1v) is 8.67. The van der Waals surface area contributed by atoms with E-state index in [0.29, 0.717) is 5.13 Å². The van der Waals surface area contributed by atoms with Gasteiger partial charge in [-0.3, -0.25) is 10.1 Å². The zero-order chi connectivity index (χ0) is 17.8. The van der Waals surface area contributed by atoms with Crippen molar-refractivity contribution in [2.24, 2.45) is 0 Å². The van der Waals surface area contributed by atoms with E-state index in [1.165, 1.54) is 40.7 Å². The van der Waals surface area contributed by atoms with Crippen LogP contribution in [-0.4, -0.2) is 10.9 Å². The smallest absolute Gasteiger partial charge is 0.250 e. The molecule has 0 radical (unpaired) electrons. The number of carbonyl (C=O) groups excluding carboxylic acids is 1. The van der Waals surface area contributed by atoms with Crippen molar-refractivity contribution < 1.29 is 9.18 Å². The predicted molar refractivity (Wildman–Crippen MR) is 101 cm³/mol. The van der Waals surface area contributed by atoms with E-state index >= 15 is 0 Å². The van der Waals surface area contributed by atoms with Crippen LogP contribution in [0.3, 0.4) is 0 Å². The quantitative estimate of drug-likeness (QED) is 0.654. The molecule has 3 rings (SSSR count). The van der Waals surface area contributed by atoms with Gasteiger partial charge in [0.25, 0.3) is 0 Å². The van der Waals surface area contributed by atoms with Crippen LogP contribution < -0.4 is 5.32 Å². The monoisotopic (exact) mass is 352 g/mol. The zero-order valence-corrected chi connectivity index (χ0v) is 14.7. The lowest BCUT2D eigenvalue weighted by molar-refractivity contribution is -0.111. The van der Waals surface area contributed by atoms with Crippen molar-refractivity contribution in [2.75, 3.05) is 5.32 Å². The molecule has 1 aromatic heterocycles. The summed E-state index contributed by atoms with van der Waals surface area (Å²) in [4.78, 5) is 16.5. The average Bonchev–Trinajstić information content (AvgIpc) is 3.05. The molecule has 1 N–H and O–H groups in total. The lowest BCUT2D eigenvalue weighted by Crippen LogP contribution is -2.07. The number of carbonyl (C=O) groups is 1. The highest BCUT2D eigenvalue weighted by molar-refractivity contribution is 7.14. The van der Waals surface area contributed by atoms with E-state index in [9.17, 15) is 9.18 Å². The van der Waals surface area contributed by atoms with Gasteiger partial charge >= 0.3 is 0 Å². The van der Waals surface area contributed by atoms with Gasteiger partial charge in [0.05, 0.1) is 5.69 Å². The van der Waals surface area contributed by atoms with Crippen molar-refractivity contribution >= 4 is 28.5 Å². The lowest BCUT2D eigenvalue weighted by Gasteiger charge is -2.02. The van der Waals surface area contributed by atoms with Gasteiger partial charge in [-0.15, -0.1) is 11.3 Å². The second kappa shape index (κ2) is 7.40. The average molecular weight is 352 g/mol. The Kier molecular flexibility index (Phi) is 5.05. The number of anilines is 1. The molecule has 5 heteroatoms. The van der Waals surface area contributed by atoms with E-state index in [-0.39, 0.29) is 11.7 Å². The number of aromatic nitrogens is 1. The SMILES string of the molecule is Cc1ccc(-c2csc(NC(=O)C=Cc3ccc(F)cc3)n2)cc1C. The highest BCUT2D eigenvalue weighted by Crippen LogP contribution is 2.26. The Hall–Kier alpha value is -2.79. The number of benzene rings is 2. The number of rotatable bonds is 4. The van der Waals surface area contributed by atoms with Crippen molar-refractivity contribution in [1.82, 2.24) is 4.98 Å². The number of aryl methyl sites for hydroxylation is 2. The fraction of sp³-hybridized carbons (Fsp3) is 0.100. The van der Waals surface area contributed by atoms with Crippen molar-refractivity contribution in [3.8, 4) is 11.3 Å². The number of hydrogen-bond donors (Lipinski definition) is 1. The van der Waals surface area contributed by atoms with E-state index in [4.69, 9.17) is 0 Å². The van der Waals surface area contributed by atoms with Crippen molar-refractivity contribution in [2.45, 2.75) is 13.8 Å². The van der Waals surface area contributed by atoms with E-state index in [0.717, 1.165) is 16.8 Å². The summed E-state index contributed by atoms with van der Waals surface area (Å²) < 4.78 is 12.9. The van der Waals surface area contributed by atoms with Gasteiger partial charge in [-0.25, -0.2) is 9.37 Å². The van der Waals surface area contributed by atoms with Crippen LogP contribution in [0, 0.1) is 19.7 Å². The number of nitrogens with one attached hydrogen (secondary N) is 1. The first-order valence-electron chi connectivity index (χ1n) is 7.79. The van der Waals surface area contributed by atoms with Crippen LogP contribution in [0.25, 0.3) is 17.3 Å². The van der Waals surface area contributed by atoms with E-state index < -0.39 is 0 Å². The Morgan fingerprint density at radius 1 is 1.12 bits per heavy atom. The molecular weight excluding hydrogens is 335 g/mol. The van der Waals surface area contributed by atoms with E-state index in [1.54, 1.807) is 18.2 Å². The van der Waals surface area contributed by atoms with Crippen LogP contribution in [0.1, 0.15) is 16.7 Å². The number of halogens is 1. The van der Waals surface area contributed by atoms with Gasteiger partial charge < -0.3 is 0 Å². The third-order valence-electron chi connectivity index (χ3n) is 3.83. The van der Waals surface area contributed by atoms with Crippen LogP contribution in [0.2, 0.25) is 0 Å². The second-order valence-electron chi connectivity index (χ2n) is 5.71. The molecule has 0 spiro atoms. The highest BCUT2D eigenvalue weighted by atomic mass is 32.1. The van der Waals surface area contributed by atoms with Crippen LogP contribution in [0.15, 0.2) is 53.9 Å². The molecule has 0 aliphatic heterocycles. The lowest BCUT2D eigenvalue weighted by atomic mass is 10.1. The molecule has 3 nitrogen and oxygen atoms in total. The van der Waals surface area contributed by atoms with Crippen molar-refractivity contribution in [3.05, 3.63) is 76.4 Å². The minimum Gasteiger partial charge on any atom is -0.298 e. The van der Waals surface area contributed by atoms with Gasteiger partial charge in [-0.2, -0.15) is 0 Å². The number of hydrogen-bond acceptors (Lipinski definition) is 3. The Labute approximate surface area is 149 Å². The molecule has 0 saturated heterocycles. The minimum atomic E-state index is -0.303.